The van der Waals surface area contributed by atoms with Gasteiger partial charge >= 0.3 is 5.97 Å². The molecule has 1 saturated heterocycles. The van der Waals surface area contributed by atoms with Crippen LogP contribution in [0.1, 0.15) is 19.3 Å². The number of hydrogen-bond donors (Lipinski definition) is 2. The molecule has 1 heterocycles. The van der Waals surface area contributed by atoms with E-state index in [0.717, 1.165) is 6.26 Å². The lowest BCUT2D eigenvalue weighted by atomic mass is 10.1. The van der Waals surface area contributed by atoms with Crippen molar-refractivity contribution in [2.45, 2.75) is 25.3 Å². The van der Waals surface area contributed by atoms with E-state index in [1.54, 1.807) is 0 Å². The molecule has 0 radical (unpaired) electrons. The van der Waals surface area contributed by atoms with Gasteiger partial charge in [-0.25, -0.2) is 13.1 Å². The zero-order valence-electron chi connectivity index (χ0n) is 9.55. The number of nitrogens with zero attached hydrogens (tertiary/aromatic N) is 1. The number of carbonyl (C=O) groups is 2. The largest absolute Gasteiger partial charge is 0.481 e. The van der Waals surface area contributed by atoms with Gasteiger partial charge in [-0.3, -0.25) is 9.59 Å². The molecule has 98 valence electrons. The van der Waals surface area contributed by atoms with Crippen LogP contribution in [-0.2, 0) is 19.6 Å². The van der Waals surface area contributed by atoms with Crippen LogP contribution in [0.15, 0.2) is 0 Å². The molecule has 0 aromatic carbocycles. The van der Waals surface area contributed by atoms with Crippen LogP contribution in [0.4, 0.5) is 0 Å². The summed E-state index contributed by atoms with van der Waals surface area (Å²) in [5, 5.41) is 8.51. The summed E-state index contributed by atoms with van der Waals surface area (Å²) < 4.78 is 24.5. The zero-order chi connectivity index (χ0) is 13.1. The van der Waals surface area contributed by atoms with Crippen LogP contribution in [-0.4, -0.2) is 55.7 Å². The minimum Gasteiger partial charge on any atom is -0.481 e. The minimum atomic E-state index is -3.30. The Hall–Kier alpha value is -1.15. The van der Waals surface area contributed by atoms with Crippen LogP contribution in [0.25, 0.3) is 0 Å². The smallest absolute Gasteiger partial charge is 0.312 e. The summed E-state index contributed by atoms with van der Waals surface area (Å²) in [6, 6.07) is -0.323. The van der Waals surface area contributed by atoms with E-state index in [9.17, 15) is 18.0 Å². The molecule has 0 bridgehead atoms. The van der Waals surface area contributed by atoms with Crippen LogP contribution in [0, 0.1) is 0 Å². The summed E-state index contributed by atoms with van der Waals surface area (Å²) in [6.07, 6.45) is 1.83. The second kappa shape index (κ2) is 5.46. The van der Waals surface area contributed by atoms with Crippen molar-refractivity contribution in [3.8, 4) is 0 Å². The second-order valence-corrected chi connectivity index (χ2v) is 5.92. The number of carbonyl (C=O) groups excluding carboxylic acids is 1. The SMILES string of the molecule is CS(=O)(=O)NC1CCCN(C(=O)CC(=O)O)C1. The average Bonchev–Trinajstić information content (AvgIpc) is 2.14. The molecular formula is C9H16N2O5S. The maximum absolute atomic E-state index is 11.5. The first-order chi connectivity index (χ1) is 7.78. The molecule has 1 fully saturated rings. The molecule has 8 heteroatoms. The normalized spacial score (nSPS) is 21.2. The van der Waals surface area contributed by atoms with Gasteiger partial charge in [0.25, 0.3) is 0 Å². The average molecular weight is 264 g/mol. The van der Waals surface area contributed by atoms with Crippen molar-refractivity contribution in [3.63, 3.8) is 0 Å². The van der Waals surface area contributed by atoms with Crippen LogP contribution < -0.4 is 4.72 Å². The first-order valence-electron chi connectivity index (χ1n) is 5.25. The fourth-order valence-electron chi connectivity index (χ4n) is 1.84. The number of carboxylic acid groups (broad SMARTS) is 1. The highest BCUT2D eigenvalue weighted by molar-refractivity contribution is 7.88. The van der Waals surface area contributed by atoms with Gasteiger partial charge in [-0.05, 0) is 12.8 Å². The topological polar surface area (TPSA) is 104 Å². The highest BCUT2D eigenvalue weighted by atomic mass is 32.2. The molecule has 2 N–H and O–H groups in total. The standard InChI is InChI=1S/C9H16N2O5S/c1-17(15,16)10-7-3-2-4-11(6-7)8(12)5-9(13)14/h7,10H,2-6H2,1H3,(H,13,14). The van der Waals surface area contributed by atoms with Gasteiger partial charge in [-0.2, -0.15) is 0 Å². The van der Waals surface area contributed by atoms with E-state index < -0.39 is 28.3 Å². The highest BCUT2D eigenvalue weighted by Gasteiger charge is 2.26. The van der Waals surface area contributed by atoms with Gasteiger partial charge in [0.1, 0.15) is 6.42 Å². The lowest BCUT2D eigenvalue weighted by Gasteiger charge is -2.32. The fourth-order valence-corrected chi connectivity index (χ4v) is 2.64. The van der Waals surface area contributed by atoms with Crippen LogP contribution >= 0.6 is 0 Å². The van der Waals surface area contributed by atoms with E-state index in [4.69, 9.17) is 5.11 Å². The number of hydrogen-bond acceptors (Lipinski definition) is 4. The second-order valence-electron chi connectivity index (χ2n) is 4.14. The van der Waals surface area contributed by atoms with Crippen molar-refractivity contribution in [1.29, 1.82) is 0 Å². The molecule has 1 unspecified atom stereocenters. The van der Waals surface area contributed by atoms with E-state index in [1.165, 1.54) is 4.90 Å². The summed E-state index contributed by atoms with van der Waals surface area (Å²) in [7, 11) is -3.30. The number of nitrogens with one attached hydrogen (secondary N) is 1. The Labute approximate surface area is 99.8 Å². The molecule has 1 amide bonds. The maximum atomic E-state index is 11.5. The molecule has 0 aromatic rings. The summed E-state index contributed by atoms with van der Waals surface area (Å²) in [4.78, 5) is 23.3. The van der Waals surface area contributed by atoms with Crippen LogP contribution in [0.2, 0.25) is 0 Å². The van der Waals surface area contributed by atoms with Gasteiger partial charge in [0.05, 0.1) is 6.26 Å². The molecule has 7 nitrogen and oxygen atoms in total. The molecule has 0 aromatic heterocycles. The van der Waals surface area contributed by atoms with Gasteiger partial charge in [0.2, 0.25) is 15.9 Å². The Morgan fingerprint density at radius 2 is 2.12 bits per heavy atom. The molecule has 0 aliphatic carbocycles. The van der Waals surface area contributed by atoms with Gasteiger partial charge in [-0.1, -0.05) is 0 Å². The Balaban J connectivity index is 2.54. The quantitative estimate of drug-likeness (QED) is 0.634. The summed E-state index contributed by atoms with van der Waals surface area (Å²) in [6.45, 7) is 0.716. The van der Waals surface area contributed by atoms with Crippen molar-refractivity contribution < 1.29 is 23.1 Å². The monoisotopic (exact) mass is 264 g/mol. The number of aliphatic carboxylic acids is 1. The Kier molecular flexibility index (Phi) is 4.47. The first kappa shape index (κ1) is 13.9. The molecule has 1 aliphatic rings. The molecule has 17 heavy (non-hydrogen) atoms. The molecular weight excluding hydrogens is 248 g/mol. The highest BCUT2D eigenvalue weighted by Crippen LogP contribution is 2.11. The lowest BCUT2D eigenvalue weighted by molar-refractivity contribution is -0.144. The third-order valence-corrected chi connectivity index (χ3v) is 3.22. The molecule has 1 aliphatic heterocycles. The van der Waals surface area contributed by atoms with Gasteiger partial charge < -0.3 is 10.0 Å². The van der Waals surface area contributed by atoms with Gasteiger partial charge in [0.15, 0.2) is 0 Å². The zero-order valence-corrected chi connectivity index (χ0v) is 10.4. The number of rotatable bonds is 4. The predicted molar refractivity (Wildman–Crippen MR) is 59.8 cm³/mol. The van der Waals surface area contributed by atoms with Crippen LogP contribution in [0.5, 0.6) is 0 Å². The fraction of sp³-hybridized carbons (Fsp3) is 0.778. The number of amides is 1. The Bertz CT molecular complexity index is 406. The lowest BCUT2D eigenvalue weighted by Crippen LogP contribution is -2.49. The van der Waals surface area contributed by atoms with E-state index in [-0.39, 0.29) is 12.6 Å². The Morgan fingerprint density at radius 1 is 1.47 bits per heavy atom. The van der Waals surface area contributed by atoms with Gasteiger partial charge in [0, 0.05) is 19.1 Å². The van der Waals surface area contributed by atoms with Gasteiger partial charge in [-0.15, -0.1) is 0 Å². The minimum absolute atomic E-state index is 0.235. The number of likely N-dealkylation sites (tertiary alicyclic amines) is 1. The van der Waals surface area contributed by atoms with Crippen LogP contribution in [0.3, 0.4) is 0 Å². The summed E-state index contributed by atoms with van der Waals surface area (Å²) >= 11 is 0. The van der Waals surface area contributed by atoms with E-state index in [0.29, 0.717) is 19.4 Å². The van der Waals surface area contributed by atoms with Crippen molar-refractivity contribution in [3.05, 3.63) is 0 Å². The first-order valence-corrected chi connectivity index (χ1v) is 7.14. The van der Waals surface area contributed by atoms with E-state index in [1.807, 2.05) is 0 Å². The number of sulfonamides is 1. The van der Waals surface area contributed by atoms with Crippen molar-refractivity contribution in [2.24, 2.45) is 0 Å². The third-order valence-electron chi connectivity index (χ3n) is 2.46. The maximum Gasteiger partial charge on any atom is 0.312 e. The van der Waals surface area contributed by atoms with E-state index >= 15 is 0 Å². The molecule has 1 rings (SSSR count). The molecule has 0 spiro atoms. The third kappa shape index (κ3) is 5.14. The number of carboxylic acids is 1. The Morgan fingerprint density at radius 3 is 2.65 bits per heavy atom. The van der Waals surface area contributed by atoms with E-state index in [2.05, 4.69) is 4.72 Å². The molecule has 0 saturated carbocycles. The van der Waals surface area contributed by atoms with Crippen molar-refractivity contribution >= 4 is 21.9 Å². The number of piperidine rings is 1. The summed E-state index contributed by atoms with van der Waals surface area (Å²) in [5.74, 6) is -1.65. The molecule has 1 atom stereocenters. The predicted octanol–water partition coefficient (Wildman–Crippen LogP) is -0.999. The van der Waals surface area contributed by atoms with Crippen molar-refractivity contribution in [2.75, 3.05) is 19.3 Å². The van der Waals surface area contributed by atoms with Crippen molar-refractivity contribution in [1.82, 2.24) is 9.62 Å². The summed E-state index contributed by atoms with van der Waals surface area (Å²) in [5.41, 5.74) is 0.